The maximum atomic E-state index is 4.04. The van der Waals surface area contributed by atoms with Crippen LogP contribution in [0.2, 0.25) is 0 Å². The van der Waals surface area contributed by atoms with Crippen LogP contribution in [0.1, 0.15) is 19.4 Å². The van der Waals surface area contributed by atoms with E-state index < -0.39 is 0 Å². The predicted octanol–water partition coefficient (Wildman–Crippen LogP) is 2.74. The molecule has 2 rings (SSSR count). The summed E-state index contributed by atoms with van der Waals surface area (Å²) in [5.41, 5.74) is 3.42. The molecule has 4 nitrogen and oxygen atoms in total. The fourth-order valence-electron chi connectivity index (χ4n) is 1.84. The largest absolute Gasteiger partial charge is 0.310 e. The van der Waals surface area contributed by atoms with E-state index in [0.29, 0.717) is 6.04 Å². The average Bonchev–Trinajstić information content (AvgIpc) is 2.67. The first kappa shape index (κ1) is 13.2. The molecule has 1 N–H and O–H groups in total. The normalized spacial score (nSPS) is 11.2. The van der Waals surface area contributed by atoms with Gasteiger partial charge in [-0.1, -0.05) is 43.3 Å². The molecule has 1 heterocycles. The van der Waals surface area contributed by atoms with Crippen molar-refractivity contribution in [1.29, 1.82) is 0 Å². The lowest BCUT2D eigenvalue weighted by atomic mass is 10.0. The molecule has 0 unspecified atom stereocenters. The molecule has 0 saturated carbocycles. The van der Waals surface area contributed by atoms with E-state index in [9.17, 15) is 0 Å². The van der Waals surface area contributed by atoms with Gasteiger partial charge < -0.3 is 5.32 Å². The molecule has 0 radical (unpaired) electrons. The maximum Gasteiger partial charge on any atom is 0.156 e. The van der Waals surface area contributed by atoms with Gasteiger partial charge >= 0.3 is 0 Å². The summed E-state index contributed by atoms with van der Waals surface area (Å²) in [6, 6.07) is 8.78. The Morgan fingerprint density at radius 2 is 2.06 bits per heavy atom. The molecule has 0 bridgehead atoms. The number of hydrogen-bond acceptors (Lipinski definition) is 3. The zero-order valence-corrected chi connectivity index (χ0v) is 12.4. The monoisotopic (exact) mass is 308 g/mol. The minimum absolute atomic E-state index is 0.464. The molecule has 0 saturated heterocycles. The van der Waals surface area contributed by atoms with E-state index >= 15 is 0 Å². The number of nitrogens with one attached hydrogen (secondary N) is 1. The second-order valence-electron chi connectivity index (χ2n) is 4.55. The quantitative estimate of drug-likeness (QED) is 0.944. The van der Waals surface area contributed by atoms with Crippen molar-refractivity contribution in [2.24, 2.45) is 7.05 Å². The number of halogens is 1. The summed E-state index contributed by atoms with van der Waals surface area (Å²) in [5.74, 6) is 0. The molecule has 1 aromatic heterocycles. The minimum Gasteiger partial charge on any atom is -0.310 e. The van der Waals surface area contributed by atoms with E-state index in [4.69, 9.17) is 0 Å². The first-order chi connectivity index (χ1) is 8.59. The Hall–Kier alpha value is -1.20. The van der Waals surface area contributed by atoms with Gasteiger partial charge in [0.2, 0.25) is 0 Å². The minimum atomic E-state index is 0.464. The van der Waals surface area contributed by atoms with Crippen LogP contribution in [0.4, 0.5) is 0 Å². The standard InChI is InChI=1S/C13H17BrN4/c1-9(2)15-8-10-6-4-5-7-11(10)12-13(14)16-17-18(12)3/h4-7,9,15H,8H2,1-3H3. The Balaban J connectivity index is 2.39. The highest BCUT2D eigenvalue weighted by Gasteiger charge is 2.13. The highest BCUT2D eigenvalue weighted by Crippen LogP contribution is 2.28. The van der Waals surface area contributed by atoms with Crippen LogP contribution in [0.25, 0.3) is 11.3 Å². The molecule has 0 spiro atoms. The number of rotatable bonds is 4. The number of hydrogen-bond donors (Lipinski definition) is 1. The Bertz CT molecular complexity index is 514. The Morgan fingerprint density at radius 3 is 2.67 bits per heavy atom. The summed E-state index contributed by atoms with van der Waals surface area (Å²) in [5, 5.41) is 11.5. The van der Waals surface area contributed by atoms with E-state index in [1.54, 1.807) is 4.68 Å². The third-order valence-electron chi connectivity index (χ3n) is 2.76. The smallest absolute Gasteiger partial charge is 0.156 e. The van der Waals surface area contributed by atoms with E-state index in [-0.39, 0.29) is 0 Å². The molecule has 0 aliphatic heterocycles. The van der Waals surface area contributed by atoms with Crippen LogP contribution >= 0.6 is 15.9 Å². The van der Waals surface area contributed by atoms with Gasteiger partial charge in [-0.25, -0.2) is 4.68 Å². The summed E-state index contributed by atoms with van der Waals surface area (Å²) in [6.07, 6.45) is 0. The molecule has 5 heteroatoms. The number of benzene rings is 1. The maximum absolute atomic E-state index is 4.04. The van der Waals surface area contributed by atoms with E-state index in [1.807, 2.05) is 13.1 Å². The molecule has 0 amide bonds. The van der Waals surface area contributed by atoms with E-state index in [1.165, 1.54) is 5.56 Å². The van der Waals surface area contributed by atoms with Crippen LogP contribution in [0.3, 0.4) is 0 Å². The lowest BCUT2D eigenvalue weighted by Crippen LogP contribution is -2.22. The lowest BCUT2D eigenvalue weighted by Gasteiger charge is -2.12. The van der Waals surface area contributed by atoms with Crippen molar-refractivity contribution >= 4 is 15.9 Å². The SMILES string of the molecule is CC(C)NCc1ccccc1-c1c(Br)nnn1C. The second-order valence-corrected chi connectivity index (χ2v) is 5.30. The summed E-state index contributed by atoms with van der Waals surface area (Å²) in [7, 11) is 1.90. The van der Waals surface area contributed by atoms with Gasteiger partial charge in [0.25, 0.3) is 0 Å². The summed E-state index contributed by atoms with van der Waals surface area (Å²) in [6.45, 7) is 5.12. The zero-order valence-electron chi connectivity index (χ0n) is 10.8. The summed E-state index contributed by atoms with van der Waals surface area (Å²) < 4.78 is 2.57. The van der Waals surface area contributed by atoms with Gasteiger partial charge in [0.05, 0.1) is 0 Å². The van der Waals surface area contributed by atoms with Gasteiger partial charge in [-0.3, -0.25) is 0 Å². The van der Waals surface area contributed by atoms with Gasteiger partial charge in [-0.15, -0.1) is 5.10 Å². The second kappa shape index (κ2) is 5.63. The van der Waals surface area contributed by atoms with Crippen molar-refractivity contribution in [2.45, 2.75) is 26.4 Å². The summed E-state index contributed by atoms with van der Waals surface area (Å²) >= 11 is 3.45. The van der Waals surface area contributed by atoms with Gasteiger partial charge in [0.1, 0.15) is 5.69 Å². The lowest BCUT2D eigenvalue weighted by molar-refractivity contribution is 0.589. The van der Waals surface area contributed by atoms with Crippen molar-refractivity contribution < 1.29 is 0 Å². The van der Waals surface area contributed by atoms with Crippen LogP contribution in [0.5, 0.6) is 0 Å². The van der Waals surface area contributed by atoms with Crippen molar-refractivity contribution in [3.63, 3.8) is 0 Å². The molecule has 0 atom stereocenters. The topological polar surface area (TPSA) is 42.7 Å². The predicted molar refractivity (Wildman–Crippen MR) is 76.1 cm³/mol. The third kappa shape index (κ3) is 2.79. The highest BCUT2D eigenvalue weighted by atomic mass is 79.9. The average molecular weight is 309 g/mol. The van der Waals surface area contributed by atoms with Gasteiger partial charge in [-0.05, 0) is 21.5 Å². The molecule has 0 aliphatic rings. The van der Waals surface area contributed by atoms with Crippen LogP contribution < -0.4 is 5.32 Å². The van der Waals surface area contributed by atoms with Crippen molar-refractivity contribution in [2.75, 3.05) is 0 Å². The van der Waals surface area contributed by atoms with E-state index in [2.05, 4.69) is 63.6 Å². The number of aryl methyl sites for hydroxylation is 1. The Kier molecular flexibility index (Phi) is 4.14. The molecule has 1 aromatic carbocycles. The van der Waals surface area contributed by atoms with Crippen molar-refractivity contribution in [1.82, 2.24) is 20.3 Å². The molecule has 96 valence electrons. The third-order valence-corrected chi connectivity index (χ3v) is 3.29. The highest BCUT2D eigenvalue weighted by molar-refractivity contribution is 9.10. The Labute approximate surface area is 116 Å². The van der Waals surface area contributed by atoms with Crippen LogP contribution in [-0.4, -0.2) is 21.0 Å². The molecule has 0 fully saturated rings. The molecule has 18 heavy (non-hydrogen) atoms. The first-order valence-corrected chi connectivity index (χ1v) is 6.75. The van der Waals surface area contributed by atoms with Crippen LogP contribution in [0, 0.1) is 0 Å². The van der Waals surface area contributed by atoms with Gasteiger partial charge in [0, 0.05) is 25.2 Å². The Morgan fingerprint density at radius 1 is 1.33 bits per heavy atom. The fourth-order valence-corrected chi connectivity index (χ4v) is 2.38. The van der Waals surface area contributed by atoms with Gasteiger partial charge in [0.15, 0.2) is 4.60 Å². The van der Waals surface area contributed by atoms with Crippen molar-refractivity contribution in [3.8, 4) is 11.3 Å². The molecule has 0 aliphatic carbocycles. The van der Waals surface area contributed by atoms with Gasteiger partial charge in [-0.2, -0.15) is 0 Å². The van der Waals surface area contributed by atoms with Crippen LogP contribution in [0.15, 0.2) is 28.9 Å². The van der Waals surface area contributed by atoms with Crippen LogP contribution in [-0.2, 0) is 13.6 Å². The van der Waals surface area contributed by atoms with E-state index in [0.717, 1.165) is 22.4 Å². The summed E-state index contributed by atoms with van der Waals surface area (Å²) in [4.78, 5) is 0. The molecular formula is C13H17BrN4. The number of nitrogens with zero attached hydrogens (tertiary/aromatic N) is 3. The molecular weight excluding hydrogens is 292 g/mol. The van der Waals surface area contributed by atoms with Crippen molar-refractivity contribution in [3.05, 3.63) is 34.4 Å². The fraction of sp³-hybridized carbons (Fsp3) is 0.385. The molecule has 2 aromatic rings. The number of aromatic nitrogens is 3. The zero-order chi connectivity index (χ0) is 13.1. The first-order valence-electron chi connectivity index (χ1n) is 5.96.